The number of aromatic nitrogens is 2. The number of hydrazine groups is 2. The molecule has 0 unspecified atom stereocenters. The fourth-order valence-electron chi connectivity index (χ4n) is 5.13. The van der Waals surface area contributed by atoms with Crippen LogP contribution in [0.3, 0.4) is 0 Å². The molecular formula is C31H31ClN8O2. The second-order valence-electron chi connectivity index (χ2n) is 10.2. The van der Waals surface area contributed by atoms with Gasteiger partial charge in [0.2, 0.25) is 0 Å². The Kier molecular flexibility index (Phi) is 8.35. The van der Waals surface area contributed by atoms with Gasteiger partial charge >= 0.3 is 0 Å². The number of fused-ring (bicyclic) bond motifs is 1. The second-order valence-corrected chi connectivity index (χ2v) is 10.6. The molecule has 2 atom stereocenters. The zero-order chi connectivity index (χ0) is 28.9. The van der Waals surface area contributed by atoms with Crippen molar-refractivity contribution in [3.63, 3.8) is 0 Å². The number of nitrogens with zero attached hydrogens (tertiary/aromatic N) is 4. The molecule has 0 bridgehead atoms. The van der Waals surface area contributed by atoms with Crippen LogP contribution in [0, 0.1) is 11.3 Å². The number of ether oxygens (including phenoxy) is 2. The predicted octanol–water partition coefficient (Wildman–Crippen LogP) is 5.06. The van der Waals surface area contributed by atoms with Gasteiger partial charge in [0, 0.05) is 49.6 Å². The summed E-state index contributed by atoms with van der Waals surface area (Å²) in [4.78, 5) is 8.90. The van der Waals surface area contributed by atoms with E-state index in [0.717, 1.165) is 27.9 Å². The van der Waals surface area contributed by atoms with E-state index in [1.165, 1.54) is 0 Å². The molecule has 1 saturated heterocycles. The van der Waals surface area contributed by atoms with Crippen LogP contribution in [0.15, 0.2) is 85.1 Å². The SMILES string of the molecule is COCC[C@@H](Nc1c(C#N)cnc2c(Cl)cc(N[C@H](C3=CN(C4COC4)NN3)c3cccnc3)cc12)c1ccccc1. The zero-order valence-electron chi connectivity index (χ0n) is 23.0. The number of halogens is 1. The Balaban J connectivity index is 1.39. The minimum atomic E-state index is -0.270. The van der Waals surface area contributed by atoms with Crippen LogP contribution >= 0.6 is 11.6 Å². The van der Waals surface area contributed by atoms with Gasteiger partial charge in [0.05, 0.1) is 58.8 Å². The number of benzene rings is 2. The molecule has 4 heterocycles. The average Bonchev–Trinajstić information content (AvgIpc) is 3.47. The Morgan fingerprint density at radius 2 is 1.98 bits per heavy atom. The van der Waals surface area contributed by atoms with Gasteiger partial charge in [-0.15, -0.1) is 5.53 Å². The molecule has 214 valence electrons. The van der Waals surface area contributed by atoms with Crippen LogP contribution in [-0.4, -0.2) is 47.9 Å². The first-order chi connectivity index (χ1) is 20.6. The topological polar surface area (TPSA) is 119 Å². The highest BCUT2D eigenvalue weighted by Gasteiger charge is 2.30. The van der Waals surface area contributed by atoms with E-state index >= 15 is 0 Å². The van der Waals surface area contributed by atoms with Crippen LogP contribution in [0.1, 0.15) is 35.2 Å². The minimum Gasteiger partial charge on any atom is -0.385 e. The smallest absolute Gasteiger partial charge is 0.103 e. The Morgan fingerprint density at radius 3 is 2.69 bits per heavy atom. The van der Waals surface area contributed by atoms with Gasteiger partial charge in [0.25, 0.3) is 0 Å². The van der Waals surface area contributed by atoms with Crippen molar-refractivity contribution in [1.29, 1.82) is 5.26 Å². The molecule has 0 amide bonds. The number of nitriles is 1. The second kappa shape index (κ2) is 12.6. The molecule has 2 aliphatic rings. The summed E-state index contributed by atoms with van der Waals surface area (Å²) in [6.45, 7) is 1.89. The monoisotopic (exact) mass is 582 g/mol. The Bertz CT molecular complexity index is 1610. The fraction of sp³-hybridized carbons (Fsp3) is 0.258. The molecule has 11 heteroatoms. The Morgan fingerprint density at radius 1 is 1.14 bits per heavy atom. The van der Waals surface area contributed by atoms with Crippen molar-refractivity contribution in [1.82, 2.24) is 25.9 Å². The minimum absolute atomic E-state index is 0.0947. The van der Waals surface area contributed by atoms with E-state index in [1.807, 2.05) is 59.9 Å². The third kappa shape index (κ3) is 5.82. The van der Waals surface area contributed by atoms with E-state index in [2.05, 4.69) is 49.8 Å². The third-order valence-corrected chi connectivity index (χ3v) is 7.73. The van der Waals surface area contributed by atoms with Gasteiger partial charge in [-0.3, -0.25) is 15.0 Å². The van der Waals surface area contributed by atoms with E-state index in [1.54, 1.807) is 19.5 Å². The van der Waals surface area contributed by atoms with E-state index in [9.17, 15) is 5.26 Å². The molecule has 2 aromatic heterocycles. The van der Waals surface area contributed by atoms with Crippen LogP contribution in [0.2, 0.25) is 5.02 Å². The van der Waals surface area contributed by atoms with Gasteiger partial charge in [-0.2, -0.15) is 5.26 Å². The van der Waals surface area contributed by atoms with Crippen molar-refractivity contribution < 1.29 is 9.47 Å². The Labute approximate surface area is 249 Å². The van der Waals surface area contributed by atoms with Gasteiger partial charge in [0.1, 0.15) is 6.07 Å². The van der Waals surface area contributed by atoms with Crippen LogP contribution in [-0.2, 0) is 9.47 Å². The van der Waals surface area contributed by atoms with Crippen molar-refractivity contribution in [3.8, 4) is 6.07 Å². The van der Waals surface area contributed by atoms with E-state index in [0.29, 0.717) is 48.0 Å². The molecule has 0 spiro atoms. The summed E-state index contributed by atoms with van der Waals surface area (Å²) in [5, 5.41) is 20.6. The van der Waals surface area contributed by atoms with Crippen LogP contribution in [0.5, 0.6) is 0 Å². The lowest BCUT2D eigenvalue weighted by Gasteiger charge is -2.33. The third-order valence-electron chi connectivity index (χ3n) is 7.44. The summed E-state index contributed by atoms with van der Waals surface area (Å²) in [6, 6.07) is 20.1. The first kappa shape index (κ1) is 27.8. The maximum Gasteiger partial charge on any atom is 0.103 e. The quantitative estimate of drug-likeness (QED) is 0.191. The number of rotatable bonds is 11. The van der Waals surface area contributed by atoms with E-state index in [-0.39, 0.29) is 18.1 Å². The number of hydrogen-bond donors (Lipinski definition) is 4. The largest absolute Gasteiger partial charge is 0.385 e. The number of hydrogen-bond acceptors (Lipinski definition) is 10. The van der Waals surface area contributed by atoms with Gasteiger partial charge < -0.3 is 25.5 Å². The van der Waals surface area contributed by atoms with E-state index < -0.39 is 0 Å². The fourth-order valence-corrected chi connectivity index (χ4v) is 5.39. The molecule has 0 aliphatic carbocycles. The lowest BCUT2D eigenvalue weighted by Crippen LogP contribution is -2.52. The van der Waals surface area contributed by atoms with Crippen molar-refractivity contribution in [2.75, 3.05) is 37.6 Å². The maximum absolute atomic E-state index is 10.1. The summed E-state index contributed by atoms with van der Waals surface area (Å²) in [5.41, 5.74) is 12.0. The van der Waals surface area contributed by atoms with Gasteiger partial charge in [0.15, 0.2) is 0 Å². The van der Waals surface area contributed by atoms with Crippen LogP contribution in [0.4, 0.5) is 11.4 Å². The van der Waals surface area contributed by atoms with Gasteiger partial charge in [-0.05, 0) is 35.7 Å². The van der Waals surface area contributed by atoms with Crippen molar-refractivity contribution >= 4 is 33.9 Å². The molecule has 0 radical (unpaired) electrons. The lowest BCUT2D eigenvalue weighted by molar-refractivity contribution is -0.0635. The number of methoxy groups -OCH3 is 1. The molecule has 4 N–H and O–H groups in total. The summed E-state index contributed by atoms with van der Waals surface area (Å²) < 4.78 is 10.8. The highest BCUT2D eigenvalue weighted by Crippen LogP contribution is 2.37. The summed E-state index contributed by atoms with van der Waals surface area (Å²) in [5.74, 6) is 0. The van der Waals surface area contributed by atoms with Crippen LogP contribution in [0.25, 0.3) is 10.9 Å². The first-order valence-electron chi connectivity index (χ1n) is 13.7. The molecule has 0 saturated carbocycles. The number of anilines is 2. The normalized spacial score (nSPS) is 16.2. The van der Waals surface area contributed by atoms with Gasteiger partial charge in [-0.1, -0.05) is 48.0 Å². The molecule has 4 aromatic rings. The van der Waals surface area contributed by atoms with Gasteiger partial charge in [-0.25, -0.2) is 0 Å². The molecule has 6 rings (SSSR count). The number of pyridine rings is 2. The first-order valence-corrected chi connectivity index (χ1v) is 14.1. The molecule has 1 fully saturated rings. The van der Waals surface area contributed by atoms with Crippen LogP contribution < -0.4 is 21.6 Å². The highest BCUT2D eigenvalue weighted by molar-refractivity contribution is 6.35. The highest BCUT2D eigenvalue weighted by atomic mass is 35.5. The van der Waals surface area contributed by atoms with Crippen molar-refractivity contribution in [2.45, 2.75) is 24.5 Å². The summed E-state index contributed by atoms with van der Waals surface area (Å²) in [7, 11) is 1.68. The molecule has 2 aliphatic heterocycles. The molecule has 42 heavy (non-hydrogen) atoms. The molecule has 2 aromatic carbocycles. The van der Waals surface area contributed by atoms with Crippen molar-refractivity contribution in [2.24, 2.45) is 0 Å². The molecular weight excluding hydrogens is 552 g/mol. The standard InChI is InChI=1S/C31H31ClN8O2/c1-41-11-9-27(20-6-3-2-4-7-20)37-29-22(14-33)16-35-31-25(29)12-23(13-26(31)32)36-30(21-8-5-10-34-15-21)28-17-40(39-38-28)24-18-42-19-24/h2-8,10,12-13,15-17,24,27,30,36,38-39H,9,11,18-19H2,1H3,(H,35,37)/t27-,30+/m1/s1. The summed E-state index contributed by atoms with van der Waals surface area (Å²) >= 11 is 6.84. The number of nitrogens with one attached hydrogen (secondary N) is 4. The zero-order valence-corrected chi connectivity index (χ0v) is 23.8. The Hall–Kier alpha value is -4.40. The average molecular weight is 583 g/mol. The molecule has 10 nitrogen and oxygen atoms in total. The lowest BCUT2D eigenvalue weighted by atomic mass is 10.0. The maximum atomic E-state index is 10.1. The summed E-state index contributed by atoms with van der Waals surface area (Å²) in [6.07, 6.45) is 7.90. The predicted molar refractivity (Wildman–Crippen MR) is 162 cm³/mol. The van der Waals surface area contributed by atoms with Crippen molar-refractivity contribution in [3.05, 3.63) is 107 Å². The van der Waals surface area contributed by atoms with E-state index in [4.69, 9.17) is 21.1 Å².